The van der Waals surface area contributed by atoms with Gasteiger partial charge in [-0.25, -0.2) is 4.52 Å². The lowest BCUT2D eigenvalue weighted by atomic mass is 10.2. The van der Waals surface area contributed by atoms with E-state index in [-0.39, 0.29) is 0 Å². The zero-order valence-corrected chi connectivity index (χ0v) is 9.13. The standard InChI is InChI=1S/C11H15N5/c1-4-16-11(8-13-14-16)7-10(1)9-15-5-2-12-3-6-15/h1,4,7-8,12H,2-3,5-6,9H2. The molecule has 0 atom stereocenters. The molecule has 0 spiro atoms. The van der Waals surface area contributed by atoms with Crippen molar-refractivity contribution in [3.05, 3.63) is 30.1 Å². The van der Waals surface area contributed by atoms with Crippen LogP contribution in [-0.2, 0) is 6.54 Å². The Morgan fingerprint density at radius 3 is 3.06 bits per heavy atom. The Balaban J connectivity index is 1.77. The predicted octanol–water partition coefficient (Wildman–Crippen LogP) is 0.134. The first-order valence-electron chi connectivity index (χ1n) is 5.64. The number of hydrogen-bond acceptors (Lipinski definition) is 4. The highest BCUT2D eigenvalue weighted by Gasteiger charge is 2.09. The summed E-state index contributed by atoms with van der Waals surface area (Å²) in [6, 6.07) is 4.27. The maximum Gasteiger partial charge on any atom is 0.0868 e. The molecule has 5 nitrogen and oxygen atoms in total. The van der Waals surface area contributed by atoms with Gasteiger partial charge in [0.25, 0.3) is 0 Å². The molecule has 0 saturated carbocycles. The van der Waals surface area contributed by atoms with E-state index in [4.69, 9.17) is 0 Å². The smallest absolute Gasteiger partial charge is 0.0868 e. The highest BCUT2D eigenvalue weighted by Crippen LogP contribution is 2.08. The van der Waals surface area contributed by atoms with Gasteiger partial charge < -0.3 is 5.32 Å². The largest absolute Gasteiger partial charge is 0.314 e. The van der Waals surface area contributed by atoms with Gasteiger partial charge in [0.15, 0.2) is 0 Å². The molecule has 2 aromatic heterocycles. The van der Waals surface area contributed by atoms with Crippen LogP contribution in [0.5, 0.6) is 0 Å². The number of hydrogen-bond donors (Lipinski definition) is 1. The van der Waals surface area contributed by atoms with Crippen LogP contribution in [0.4, 0.5) is 0 Å². The Kier molecular flexibility index (Phi) is 2.55. The number of pyridine rings is 1. The van der Waals surface area contributed by atoms with E-state index in [2.05, 4.69) is 32.7 Å². The van der Waals surface area contributed by atoms with Crippen molar-refractivity contribution < 1.29 is 0 Å². The lowest BCUT2D eigenvalue weighted by Crippen LogP contribution is -2.42. The summed E-state index contributed by atoms with van der Waals surface area (Å²) in [5.41, 5.74) is 2.39. The van der Waals surface area contributed by atoms with Crippen LogP contribution in [0.25, 0.3) is 5.52 Å². The van der Waals surface area contributed by atoms with Gasteiger partial charge in [-0.05, 0) is 17.7 Å². The van der Waals surface area contributed by atoms with Gasteiger partial charge in [0, 0.05) is 38.9 Å². The molecule has 16 heavy (non-hydrogen) atoms. The van der Waals surface area contributed by atoms with Crippen LogP contribution < -0.4 is 5.32 Å². The van der Waals surface area contributed by atoms with E-state index < -0.39 is 0 Å². The molecule has 3 rings (SSSR count). The number of aromatic nitrogens is 3. The van der Waals surface area contributed by atoms with Crippen molar-refractivity contribution in [1.29, 1.82) is 0 Å². The minimum Gasteiger partial charge on any atom is -0.314 e. The average molecular weight is 217 g/mol. The monoisotopic (exact) mass is 217 g/mol. The summed E-state index contributed by atoms with van der Waals surface area (Å²) in [6.07, 6.45) is 3.77. The quantitative estimate of drug-likeness (QED) is 0.777. The number of nitrogens with zero attached hydrogens (tertiary/aromatic N) is 4. The molecule has 0 amide bonds. The second-order valence-corrected chi connectivity index (χ2v) is 4.16. The molecule has 0 bridgehead atoms. The highest BCUT2D eigenvalue weighted by molar-refractivity contribution is 5.45. The topological polar surface area (TPSA) is 45.5 Å². The first-order valence-corrected chi connectivity index (χ1v) is 5.64. The Labute approximate surface area is 94.1 Å². The molecule has 5 heteroatoms. The second kappa shape index (κ2) is 4.19. The van der Waals surface area contributed by atoms with Gasteiger partial charge in [-0.3, -0.25) is 4.90 Å². The van der Waals surface area contributed by atoms with Crippen LogP contribution in [0.15, 0.2) is 24.5 Å². The number of nitrogens with one attached hydrogen (secondary N) is 1. The van der Waals surface area contributed by atoms with Crippen molar-refractivity contribution in [2.75, 3.05) is 26.2 Å². The van der Waals surface area contributed by atoms with Crippen molar-refractivity contribution in [3.8, 4) is 0 Å². The Hall–Kier alpha value is -1.46. The first-order chi connectivity index (χ1) is 7.92. The molecule has 1 N–H and O–H groups in total. The fraction of sp³-hybridized carbons (Fsp3) is 0.455. The molecular formula is C11H15N5. The number of rotatable bonds is 2. The lowest BCUT2D eigenvalue weighted by Gasteiger charge is -2.27. The summed E-state index contributed by atoms with van der Waals surface area (Å²) in [7, 11) is 0. The first kappa shape index (κ1) is 9.74. The minimum absolute atomic E-state index is 1.02. The maximum absolute atomic E-state index is 3.95. The third kappa shape index (κ3) is 1.91. The number of piperazine rings is 1. The minimum atomic E-state index is 1.02. The van der Waals surface area contributed by atoms with Gasteiger partial charge in [0.05, 0.1) is 11.7 Å². The third-order valence-electron chi connectivity index (χ3n) is 2.98. The van der Waals surface area contributed by atoms with E-state index in [9.17, 15) is 0 Å². The predicted molar refractivity (Wildman–Crippen MR) is 61.1 cm³/mol. The van der Waals surface area contributed by atoms with Gasteiger partial charge in [0.2, 0.25) is 0 Å². The van der Waals surface area contributed by atoms with Crippen LogP contribution >= 0.6 is 0 Å². The van der Waals surface area contributed by atoms with Gasteiger partial charge in [0.1, 0.15) is 0 Å². The summed E-state index contributed by atoms with van der Waals surface area (Å²) < 4.78 is 1.79. The van der Waals surface area contributed by atoms with Crippen molar-refractivity contribution in [3.63, 3.8) is 0 Å². The molecule has 0 aliphatic carbocycles. The Bertz CT molecular complexity index is 472. The summed E-state index contributed by atoms with van der Waals surface area (Å²) >= 11 is 0. The van der Waals surface area contributed by atoms with Crippen LogP contribution in [0.3, 0.4) is 0 Å². The molecule has 0 radical (unpaired) electrons. The zero-order chi connectivity index (χ0) is 10.8. The Morgan fingerprint density at radius 1 is 1.31 bits per heavy atom. The molecule has 3 heterocycles. The van der Waals surface area contributed by atoms with Gasteiger partial charge in [-0.1, -0.05) is 5.21 Å². The van der Waals surface area contributed by atoms with Gasteiger partial charge >= 0.3 is 0 Å². The average Bonchev–Trinajstić information content (AvgIpc) is 2.77. The van der Waals surface area contributed by atoms with E-state index in [1.807, 2.05) is 6.20 Å². The molecule has 1 aliphatic rings. The van der Waals surface area contributed by atoms with Crippen LogP contribution in [0.1, 0.15) is 5.56 Å². The SMILES string of the molecule is c1cn2nncc2cc1CN1CCNCC1. The fourth-order valence-corrected chi connectivity index (χ4v) is 2.10. The third-order valence-corrected chi connectivity index (χ3v) is 2.98. The van der Waals surface area contributed by atoms with E-state index >= 15 is 0 Å². The molecule has 1 saturated heterocycles. The lowest BCUT2D eigenvalue weighted by molar-refractivity contribution is 0.233. The van der Waals surface area contributed by atoms with Crippen molar-refractivity contribution in [2.45, 2.75) is 6.54 Å². The van der Waals surface area contributed by atoms with E-state index in [1.54, 1.807) is 10.7 Å². The van der Waals surface area contributed by atoms with E-state index in [1.165, 1.54) is 5.56 Å². The van der Waals surface area contributed by atoms with Crippen LogP contribution in [0, 0.1) is 0 Å². The van der Waals surface area contributed by atoms with Crippen LogP contribution in [-0.4, -0.2) is 45.9 Å². The zero-order valence-electron chi connectivity index (χ0n) is 9.13. The maximum atomic E-state index is 3.95. The highest BCUT2D eigenvalue weighted by atomic mass is 15.4. The summed E-state index contributed by atoms with van der Waals surface area (Å²) in [5.74, 6) is 0. The molecular weight excluding hydrogens is 202 g/mol. The molecule has 1 fully saturated rings. The molecule has 0 unspecified atom stereocenters. The molecule has 84 valence electrons. The summed E-state index contributed by atoms with van der Waals surface area (Å²) in [4.78, 5) is 2.46. The fourth-order valence-electron chi connectivity index (χ4n) is 2.10. The molecule has 1 aliphatic heterocycles. The molecule has 2 aromatic rings. The molecule has 0 aromatic carbocycles. The van der Waals surface area contributed by atoms with Crippen molar-refractivity contribution >= 4 is 5.52 Å². The number of fused-ring (bicyclic) bond motifs is 1. The second-order valence-electron chi connectivity index (χ2n) is 4.16. The normalized spacial score (nSPS) is 18.0. The van der Waals surface area contributed by atoms with E-state index in [0.717, 1.165) is 38.2 Å². The van der Waals surface area contributed by atoms with Gasteiger partial charge in [-0.2, -0.15) is 0 Å². The Morgan fingerprint density at radius 2 is 2.19 bits per heavy atom. The summed E-state index contributed by atoms with van der Waals surface area (Å²) in [5, 5.41) is 11.2. The van der Waals surface area contributed by atoms with Crippen molar-refractivity contribution in [1.82, 2.24) is 25.0 Å². The van der Waals surface area contributed by atoms with Crippen LogP contribution in [0.2, 0.25) is 0 Å². The van der Waals surface area contributed by atoms with E-state index in [0.29, 0.717) is 0 Å². The van der Waals surface area contributed by atoms with Gasteiger partial charge in [-0.15, -0.1) is 5.10 Å². The van der Waals surface area contributed by atoms with Crippen molar-refractivity contribution in [2.24, 2.45) is 0 Å². The summed E-state index contributed by atoms with van der Waals surface area (Å²) in [6.45, 7) is 5.46.